The first-order chi connectivity index (χ1) is 13.3. The van der Waals surface area contributed by atoms with Gasteiger partial charge >= 0.3 is 10.0 Å². The highest BCUT2D eigenvalue weighted by molar-refractivity contribution is 7.19. The molecule has 2 amide bonds. The first-order valence-corrected chi connectivity index (χ1v) is 8.90. The third kappa shape index (κ3) is 4.30. The number of nitrogens with one attached hydrogen (secondary N) is 2. The molecule has 14 heteroatoms. The van der Waals surface area contributed by atoms with Crippen LogP contribution in [0.1, 0.15) is 20.7 Å². The molecule has 3 rings (SSSR count). The molecule has 0 fully saturated rings. The molecule has 3 aromatic rings. The van der Waals surface area contributed by atoms with Crippen molar-refractivity contribution in [1.82, 2.24) is 9.97 Å². The minimum Gasteiger partial charge on any atom is -0.298 e. The highest BCUT2D eigenvalue weighted by Crippen LogP contribution is 2.26. The lowest BCUT2D eigenvalue weighted by atomic mass is 10.1. The van der Waals surface area contributed by atoms with Gasteiger partial charge in [-0.2, -0.15) is 0 Å². The Kier molecular flexibility index (Phi) is 5.32. The Bertz CT molecular complexity index is 1010. The van der Waals surface area contributed by atoms with Gasteiger partial charge in [0.05, 0.1) is 9.85 Å². The molecular formula is C14H8N6O6S2. The Morgan fingerprint density at radius 2 is 1.29 bits per heavy atom. The molecule has 0 aliphatic heterocycles. The van der Waals surface area contributed by atoms with Gasteiger partial charge in [-0.15, -0.1) is 0 Å². The maximum Gasteiger partial charge on any atom is 0.345 e. The van der Waals surface area contributed by atoms with Crippen LogP contribution in [0.15, 0.2) is 36.7 Å². The summed E-state index contributed by atoms with van der Waals surface area (Å²) in [5.41, 5.74) is 0.242. The highest BCUT2D eigenvalue weighted by Gasteiger charge is 2.17. The van der Waals surface area contributed by atoms with E-state index < -0.39 is 21.7 Å². The number of hydrogen-bond acceptors (Lipinski definition) is 10. The van der Waals surface area contributed by atoms with Crippen LogP contribution in [0.3, 0.4) is 0 Å². The van der Waals surface area contributed by atoms with Crippen molar-refractivity contribution in [2.45, 2.75) is 0 Å². The topological polar surface area (TPSA) is 170 Å². The van der Waals surface area contributed by atoms with Crippen molar-refractivity contribution >= 4 is 54.8 Å². The largest absolute Gasteiger partial charge is 0.345 e. The van der Waals surface area contributed by atoms with Crippen LogP contribution in [0.4, 0.5) is 20.3 Å². The standard InChI is InChI=1S/C14H8N6O6S2/c21-11(17-13-15-5-9(27-13)19(23)24)7-2-1-3-8(4-7)12(22)18-14-16-6-10(28-14)20(25)26/h1-6H,(H,15,17,21)(H,16,18,22). The second kappa shape index (κ2) is 7.85. The van der Waals surface area contributed by atoms with Gasteiger partial charge < -0.3 is 0 Å². The van der Waals surface area contributed by atoms with Crippen LogP contribution in [-0.4, -0.2) is 31.6 Å². The van der Waals surface area contributed by atoms with Gasteiger partial charge in [0, 0.05) is 11.1 Å². The summed E-state index contributed by atoms with van der Waals surface area (Å²) >= 11 is 1.40. The molecule has 0 bridgehead atoms. The lowest BCUT2D eigenvalue weighted by Gasteiger charge is -2.05. The van der Waals surface area contributed by atoms with Crippen molar-refractivity contribution in [1.29, 1.82) is 0 Å². The first-order valence-electron chi connectivity index (χ1n) is 7.26. The Labute approximate surface area is 163 Å². The molecule has 0 saturated heterocycles. The number of carbonyl (C=O) groups is 2. The van der Waals surface area contributed by atoms with E-state index in [9.17, 15) is 29.8 Å². The van der Waals surface area contributed by atoms with Crippen LogP contribution in [0.5, 0.6) is 0 Å². The van der Waals surface area contributed by atoms with Crippen molar-refractivity contribution in [3.63, 3.8) is 0 Å². The third-order valence-electron chi connectivity index (χ3n) is 3.17. The predicted molar refractivity (Wildman–Crippen MR) is 99.9 cm³/mol. The van der Waals surface area contributed by atoms with E-state index in [0.29, 0.717) is 22.7 Å². The van der Waals surface area contributed by atoms with E-state index in [1.54, 1.807) is 0 Å². The van der Waals surface area contributed by atoms with Gasteiger partial charge in [0.1, 0.15) is 12.4 Å². The maximum atomic E-state index is 12.3. The fourth-order valence-corrected chi connectivity index (χ4v) is 3.21. The summed E-state index contributed by atoms with van der Waals surface area (Å²) in [6, 6.07) is 5.66. The predicted octanol–water partition coefficient (Wildman–Crippen LogP) is 2.92. The van der Waals surface area contributed by atoms with E-state index in [2.05, 4.69) is 20.6 Å². The summed E-state index contributed by atoms with van der Waals surface area (Å²) in [4.78, 5) is 52.1. The number of aromatic nitrogens is 2. The van der Waals surface area contributed by atoms with Crippen molar-refractivity contribution in [2.24, 2.45) is 0 Å². The quantitative estimate of drug-likeness (QED) is 0.453. The molecule has 0 saturated carbocycles. The number of nitro groups is 2. The second-order valence-corrected chi connectivity index (χ2v) is 7.03. The van der Waals surface area contributed by atoms with E-state index in [-0.39, 0.29) is 31.4 Å². The molecule has 0 atom stereocenters. The van der Waals surface area contributed by atoms with Crippen LogP contribution in [0.25, 0.3) is 0 Å². The molecule has 142 valence electrons. The molecule has 0 aliphatic rings. The summed E-state index contributed by atoms with van der Waals surface area (Å²) in [5, 5.41) is 25.8. The summed E-state index contributed by atoms with van der Waals surface area (Å²) in [6.45, 7) is 0. The Morgan fingerprint density at radius 1 is 0.857 bits per heavy atom. The minimum absolute atomic E-state index is 0.0432. The van der Waals surface area contributed by atoms with E-state index >= 15 is 0 Å². The fraction of sp³-hybridized carbons (Fsp3) is 0. The summed E-state index contributed by atoms with van der Waals surface area (Å²) < 4.78 is 0. The summed E-state index contributed by atoms with van der Waals surface area (Å²) in [5.74, 6) is -1.22. The number of benzene rings is 1. The molecule has 0 radical (unpaired) electrons. The van der Waals surface area contributed by atoms with E-state index in [4.69, 9.17) is 0 Å². The van der Waals surface area contributed by atoms with Gasteiger partial charge in [-0.05, 0) is 40.9 Å². The van der Waals surface area contributed by atoms with E-state index in [1.165, 1.54) is 24.3 Å². The van der Waals surface area contributed by atoms with Crippen LogP contribution in [0, 0.1) is 20.2 Å². The molecule has 2 N–H and O–H groups in total. The summed E-state index contributed by atoms with van der Waals surface area (Å²) in [7, 11) is 0. The van der Waals surface area contributed by atoms with Crippen molar-refractivity contribution in [3.05, 3.63) is 68.0 Å². The average Bonchev–Trinajstić information content (AvgIpc) is 3.31. The molecule has 0 spiro atoms. The van der Waals surface area contributed by atoms with Crippen LogP contribution in [0.2, 0.25) is 0 Å². The zero-order chi connectivity index (χ0) is 20.3. The monoisotopic (exact) mass is 420 g/mol. The van der Waals surface area contributed by atoms with Gasteiger partial charge in [-0.3, -0.25) is 40.5 Å². The number of amides is 2. The van der Waals surface area contributed by atoms with Gasteiger partial charge in [-0.25, -0.2) is 9.97 Å². The second-order valence-electron chi connectivity index (χ2n) is 5.01. The Balaban J connectivity index is 1.71. The molecule has 2 aromatic heterocycles. The smallest absolute Gasteiger partial charge is 0.298 e. The number of carbonyl (C=O) groups excluding carboxylic acids is 2. The van der Waals surface area contributed by atoms with Crippen LogP contribution in [-0.2, 0) is 0 Å². The number of rotatable bonds is 6. The zero-order valence-electron chi connectivity index (χ0n) is 13.5. The molecule has 12 nitrogen and oxygen atoms in total. The SMILES string of the molecule is O=C(Nc1ncc([N+](=O)[O-])s1)c1cccc(C(=O)Nc2ncc([N+](=O)[O-])s2)c1. The van der Waals surface area contributed by atoms with Crippen LogP contribution < -0.4 is 10.6 Å². The van der Waals surface area contributed by atoms with E-state index in [1.807, 2.05) is 0 Å². The van der Waals surface area contributed by atoms with Gasteiger partial charge in [0.25, 0.3) is 11.8 Å². The molecule has 28 heavy (non-hydrogen) atoms. The number of thiazole rings is 2. The van der Waals surface area contributed by atoms with Crippen molar-refractivity contribution in [3.8, 4) is 0 Å². The van der Waals surface area contributed by atoms with Gasteiger partial charge in [-0.1, -0.05) is 6.07 Å². The lowest BCUT2D eigenvalue weighted by molar-refractivity contribution is -0.380. The van der Waals surface area contributed by atoms with Crippen molar-refractivity contribution in [2.75, 3.05) is 10.6 Å². The fourth-order valence-electron chi connectivity index (χ4n) is 1.96. The number of hydrogen-bond donors (Lipinski definition) is 2. The van der Waals surface area contributed by atoms with Gasteiger partial charge in [0.15, 0.2) is 10.3 Å². The molecule has 0 aliphatic carbocycles. The van der Waals surface area contributed by atoms with E-state index in [0.717, 1.165) is 12.4 Å². The maximum absolute atomic E-state index is 12.3. The normalized spacial score (nSPS) is 10.3. The average molecular weight is 420 g/mol. The highest BCUT2D eigenvalue weighted by atomic mass is 32.1. The Hall–Kier alpha value is -3.78. The molecule has 2 heterocycles. The molecule has 0 unspecified atom stereocenters. The number of anilines is 2. The van der Waals surface area contributed by atoms with Crippen molar-refractivity contribution < 1.29 is 19.4 Å². The zero-order valence-corrected chi connectivity index (χ0v) is 15.2. The number of nitrogens with zero attached hydrogens (tertiary/aromatic N) is 4. The summed E-state index contributed by atoms with van der Waals surface area (Å²) in [6.07, 6.45) is 2.05. The lowest BCUT2D eigenvalue weighted by Crippen LogP contribution is -2.15. The minimum atomic E-state index is -0.624. The van der Waals surface area contributed by atoms with Gasteiger partial charge in [0.2, 0.25) is 0 Å². The first kappa shape index (κ1) is 19.0. The Morgan fingerprint density at radius 3 is 1.64 bits per heavy atom. The van der Waals surface area contributed by atoms with Crippen LogP contribution >= 0.6 is 22.7 Å². The third-order valence-corrected chi connectivity index (χ3v) is 4.90. The molecular weight excluding hydrogens is 412 g/mol. The molecule has 1 aromatic carbocycles.